The third kappa shape index (κ3) is 3.27. The SMILES string of the molecule is Cn1cnnc1CCNCc1cc(Cl)ccc1F. The lowest BCUT2D eigenvalue weighted by Gasteiger charge is -2.06. The molecule has 0 atom stereocenters. The van der Waals surface area contributed by atoms with Crippen molar-refractivity contribution in [2.24, 2.45) is 7.05 Å². The van der Waals surface area contributed by atoms with E-state index in [-0.39, 0.29) is 5.82 Å². The minimum absolute atomic E-state index is 0.245. The summed E-state index contributed by atoms with van der Waals surface area (Å²) in [6.07, 6.45) is 2.41. The van der Waals surface area contributed by atoms with Crippen molar-refractivity contribution in [3.63, 3.8) is 0 Å². The summed E-state index contributed by atoms with van der Waals surface area (Å²) in [4.78, 5) is 0. The molecule has 1 heterocycles. The fourth-order valence-electron chi connectivity index (χ4n) is 1.64. The molecule has 0 amide bonds. The topological polar surface area (TPSA) is 42.7 Å². The van der Waals surface area contributed by atoms with Crippen molar-refractivity contribution < 1.29 is 4.39 Å². The van der Waals surface area contributed by atoms with Crippen LogP contribution >= 0.6 is 11.6 Å². The third-order valence-electron chi connectivity index (χ3n) is 2.65. The maximum atomic E-state index is 13.4. The Hall–Kier alpha value is -1.46. The van der Waals surface area contributed by atoms with Crippen molar-refractivity contribution in [3.05, 3.63) is 46.8 Å². The highest BCUT2D eigenvalue weighted by Crippen LogP contribution is 2.14. The Labute approximate surface area is 110 Å². The van der Waals surface area contributed by atoms with Gasteiger partial charge >= 0.3 is 0 Å². The van der Waals surface area contributed by atoms with Crippen LogP contribution in [0.5, 0.6) is 0 Å². The molecule has 2 aromatic rings. The third-order valence-corrected chi connectivity index (χ3v) is 2.89. The van der Waals surface area contributed by atoms with E-state index < -0.39 is 0 Å². The van der Waals surface area contributed by atoms with Gasteiger partial charge in [0.1, 0.15) is 18.0 Å². The first kappa shape index (κ1) is 13.0. The fourth-order valence-corrected chi connectivity index (χ4v) is 1.83. The lowest BCUT2D eigenvalue weighted by Crippen LogP contribution is -2.18. The number of aromatic nitrogens is 3. The van der Waals surface area contributed by atoms with Gasteiger partial charge in [0.15, 0.2) is 0 Å². The Balaban J connectivity index is 1.82. The molecule has 0 bridgehead atoms. The highest BCUT2D eigenvalue weighted by atomic mass is 35.5. The molecule has 0 unspecified atom stereocenters. The maximum absolute atomic E-state index is 13.4. The standard InChI is InChI=1S/C12H14ClFN4/c1-18-8-16-17-12(18)4-5-15-7-9-6-10(13)2-3-11(9)14/h2-3,6,8,15H,4-5,7H2,1H3. The molecule has 96 valence electrons. The zero-order valence-electron chi connectivity index (χ0n) is 10.0. The molecule has 0 aliphatic rings. The van der Waals surface area contributed by atoms with Gasteiger partial charge in [-0.2, -0.15) is 0 Å². The predicted octanol–water partition coefficient (Wildman–Crippen LogP) is 1.94. The highest BCUT2D eigenvalue weighted by molar-refractivity contribution is 6.30. The van der Waals surface area contributed by atoms with Crippen LogP contribution in [0, 0.1) is 5.82 Å². The Morgan fingerprint density at radius 3 is 3.00 bits per heavy atom. The molecule has 1 aromatic heterocycles. The van der Waals surface area contributed by atoms with Crippen LogP contribution < -0.4 is 5.32 Å². The summed E-state index contributed by atoms with van der Waals surface area (Å²) in [6.45, 7) is 1.16. The van der Waals surface area contributed by atoms with Gasteiger partial charge in [-0.1, -0.05) is 11.6 Å². The number of nitrogens with one attached hydrogen (secondary N) is 1. The van der Waals surface area contributed by atoms with E-state index in [9.17, 15) is 4.39 Å². The molecule has 1 aromatic carbocycles. The Morgan fingerprint density at radius 1 is 1.44 bits per heavy atom. The largest absolute Gasteiger partial charge is 0.321 e. The molecule has 0 spiro atoms. The van der Waals surface area contributed by atoms with Crippen LogP contribution in [0.3, 0.4) is 0 Å². The van der Waals surface area contributed by atoms with Crippen molar-refractivity contribution >= 4 is 11.6 Å². The number of hydrogen-bond acceptors (Lipinski definition) is 3. The summed E-state index contributed by atoms with van der Waals surface area (Å²) >= 11 is 5.82. The van der Waals surface area contributed by atoms with Gasteiger partial charge < -0.3 is 9.88 Å². The second-order valence-electron chi connectivity index (χ2n) is 4.02. The summed E-state index contributed by atoms with van der Waals surface area (Å²) in [6, 6.07) is 4.55. The Kier molecular flexibility index (Phi) is 4.28. The maximum Gasteiger partial charge on any atom is 0.133 e. The van der Waals surface area contributed by atoms with E-state index in [0.29, 0.717) is 23.7 Å². The van der Waals surface area contributed by atoms with Gasteiger partial charge in [0.2, 0.25) is 0 Å². The van der Waals surface area contributed by atoms with Crippen LogP contribution in [0.2, 0.25) is 5.02 Å². The van der Waals surface area contributed by atoms with Crippen molar-refractivity contribution in [2.45, 2.75) is 13.0 Å². The molecule has 0 radical (unpaired) electrons. The summed E-state index contributed by atoms with van der Waals surface area (Å²) in [5, 5.41) is 11.5. The minimum Gasteiger partial charge on any atom is -0.321 e. The van der Waals surface area contributed by atoms with Gasteiger partial charge in [0, 0.05) is 37.1 Å². The zero-order chi connectivity index (χ0) is 13.0. The first-order valence-corrected chi connectivity index (χ1v) is 6.02. The van der Waals surface area contributed by atoms with E-state index in [1.807, 2.05) is 11.6 Å². The number of hydrogen-bond donors (Lipinski definition) is 1. The van der Waals surface area contributed by atoms with E-state index in [4.69, 9.17) is 11.6 Å². The summed E-state index contributed by atoms with van der Waals surface area (Å²) in [7, 11) is 1.89. The van der Waals surface area contributed by atoms with Crippen molar-refractivity contribution in [3.8, 4) is 0 Å². The number of benzene rings is 1. The molecule has 4 nitrogen and oxygen atoms in total. The van der Waals surface area contributed by atoms with Crippen molar-refractivity contribution in [2.75, 3.05) is 6.54 Å². The van der Waals surface area contributed by atoms with Gasteiger partial charge in [0.05, 0.1) is 0 Å². The minimum atomic E-state index is -0.245. The van der Waals surface area contributed by atoms with E-state index in [1.165, 1.54) is 6.07 Å². The molecule has 6 heteroatoms. The molecular formula is C12H14ClFN4. The quantitative estimate of drug-likeness (QED) is 0.843. The second-order valence-corrected chi connectivity index (χ2v) is 4.46. The molecule has 0 fully saturated rings. The van der Waals surface area contributed by atoms with Crippen LogP contribution in [0.15, 0.2) is 24.5 Å². The van der Waals surface area contributed by atoms with Crippen LogP contribution in [0.1, 0.15) is 11.4 Å². The fraction of sp³-hybridized carbons (Fsp3) is 0.333. The number of rotatable bonds is 5. The van der Waals surface area contributed by atoms with Gasteiger partial charge in [-0.05, 0) is 18.2 Å². The first-order chi connectivity index (χ1) is 8.66. The van der Waals surface area contributed by atoms with Gasteiger partial charge in [-0.15, -0.1) is 10.2 Å². The second kappa shape index (κ2) is 5.93. The molecule has 0 saturated carbocycles. The highest BCUT2D eigenvalue weighted by Gasteiger charge is 2.03. The average Bonchev–Trinajstić information content (AvgIpc) is 2.75. The lowest BCUT2D eigenvalue weighted by atomic mass is 10.2. The normalized spacial score (nSPS) is 10.8. The molecule has 1 N–H and O–H groups in total. The number of halogens is 2. The number of nitrogens with zero attached hydrogens (tertiary/aromatic N) is 3. The number of aryl methyl sites for hydroxylation is 1. The molecular weight excluding hydrogens is 255 g/mol. The van der Waals surface area contributed by atoms with Crippen molar-refractivity contribution in [1.82, 2.24) is 20.1 Å². The predicted molar refractivity (Wildman–Crippen MR) is 67.8 cm³/mol. The monoisotopic (exact) mass is 268 g/mol. The first-order valence-electron chi connectivity index (χ1n) is 5.64. The molecule has 18 heavy (non-hydrogen) atoms. The summed E-state index contributed by atoms with van der Waals surface area (Å²) < 4.78 is 15.3. The van der Waals surface area contributed by atoms with Gasteiger partial charge in [-0.3, -0.25) is 0 Å². The van der Waals surface area contributed by atoms with E-state index >= 15 is 0 Å². The zero-order valence-corrected chi connectivity index (χ0v) is 10.8. The van der Waals surface area contributed by atoms with Crippen LogP contribution in [0.4, 0.5) is 4.39 Å². The van der Waals surface area contributed by atoms with E-state index in [0.717, 1.165) is 12.2 Å². The Morgan fingerprint density at radius 2 is 2.28 bits per heavy atom. The Bertz CT molecular complexity index is 527. The molecule has 0 aliphatic carbocycles. The van der Waals surface area contributed by atoms with Crippen molar-refractivity contribution in [1.29, 1.82) is 0 Å². The van der Waals surface area contributed by atoms with Gasteiger partial charge in [-0.25, -0.2) is 4.39 Å². The van der Waals surface area contributed by atoms with E-state index in [2.05, 4.69) is 15.5 Å². The summed E-state index contributed by atoms with van der Waals surface area (Å²) in [5.41, 5.74) is 0.570. The van der Waals surface area contributed by atoms with Crippen LogP contribution in [-0.2, 0) is 20.0 Å². The van der Waals surface area contributed by atoms with E-state index in [1.54, 1.807) is 18.5 Å². The molecule has 0 saturated heterocycles. The average molecular weight is 269 g/mol. The van der Waals surface area contributed by atoms with Crippen LogP contribution in [-0.4, -0.2) is 21.3 Å². The molecule has 2 rings (SSSR count). The smallest absolute Gasteiger partial charge is 0.133 e. The van der Waals surface area contributed by atoms with Gasteiger partial charge in [0.25, 0.3) is 0 Å². The lowest BCUT2D eigenvalue weighted by molar-refractivity contribution is 0.584. The van der Waals surface area contributed by atoms with Crippen LogP contribution in [0.25, 0.3) is 0 Å². The summed E-state index contributed by atoms with van der Waals surface area (Å²) in [5.74, 6) is 0.652. The molecule has 0 aliphatic heterocycles.